The number of aromatic hydroxyl groups is 1. The van der Waals surface area contributed by atoms with Gasteiger partial charge in [0.1, 0.15) is 11.5 Å². The average molecular weight is 379 g/mol. The van der Waals surface area contributed by atoms with Gasteiger partial charge in [-0.2, -0.15) is 0 Å². The van der Waals surface area contributed by atoms with Gasteiger partial charge >= 0.3 is 0 Å². The standard InChI is InChI=1S/C21H25N5O2/c1-28-21-6-5-18(22-12-21)14-26-15-19(23-24-26)13-25-9-7-16(8-10-25)17-3-2-4-20(27)11-17/h2-6,11-12,15-16,27H,7-10,13-14H2,1H3. The molecule has 3 aromatic rings. The van der Waals surface area contributed by atoms with Gasteiger partial charge in [-0.25, -0.2) is 4.68 Å². The SMILES string of the molecule is COc1ccc(Cn2cc(CN3CCC(c4cccc(O)c4)CC3)nn2)nc1. The number of ether oxygens (including phenoxy) is 1. The Balaban J connectivity index is 1.29. The van der Waals surface area contributed by atoms with Gasteiger partial charge in [0.15, 0.2) is 0 Å². The summed E-state index contributed by atoms with van der Waals surface area (Å²) in [4.78, 5) is 6.79. The zero-order valence-corrected chi connectivity index (χ0v) is 16.0. The second-order valence-electron chi connectivity index (χ2n) is 7.24. The molecule has 0 aliphatic carbocycles. The first-order valence-electron chi connectivity index (χ1n) is 9.59. The Morgan fingerprint density at radius 2 is 1.96 bits per heavy atom. The summed E-state index contributed by atoms with van der Waals surface area (Å²) in [5.41, 5.74) is 3.13. The first-order chi connectivity index (χ1) is 13.7. The van der Waals surface area contributed by atoms with Crippen molar-refractivity contribution in [3.8, 4) is 11.5 Å². The lowest BCUT2D eigenvalue weighted by atomic mass is 9.89. The van der Waals surface area contributed by atoms with Crippen molar-refractivity contribution in [2.75, 3.05) is 20.2 Å². The van der Waals surface area contributed by atoms with Crippen LogP contribution in [0.25, 0.3) is 0 Å². The van der Waals surface area contributed by atoms with E-state index in [4.69, 9.17) is 4.74 Å². The van der Waals surface area contributed by atoms with Crippen molar-refractivity contribution in [2.45, 2.75) is 31.8 Å². The number of phenolic OH excluding ortho intramolecular Hbond substituents is 1. The number of hydrogen-bond donors (Lipinski definition) is 1. The van der Waals surface area contributed by atoms with E-state index in [2.05, 4.69) is 26.3 Å². The van der Waals surface area contributed by atoms with Crippen molar-refractivity contribution in [1.29, 1.82) is 0 Å². The topological polar surface area (TPSA) is 76.3 Å². The summed E-state index contributed by atoms with van der Waals surface area (Å²) in [6, 6.07) is 11.5. The number of aromatic nitrogens is 4. The van der Waals surface area contributed by atoms with Crippen LogP contribution in [0.3, 0.4) is 0 Å². The maximum atomic E-state index is 9.69. The van der Waals surface area contributed by atoms with Crippen molar-refractivity contribution in [3.63, 3.8) is 0 Å². The molecule has 4 rings (SSSR count). The molecule has 7 nitrogen and oxygen atoms in total. The molecular formula is C21H25N5O2. The fraction of sp³-hybridized carbons (Fsp3) is 0.381. The smallest absolute Gasteiger partial charge is 0.137 e. The molecule has 0 bridgehead atoms. The van der Waals surface area contributed by atoms with Crippen molar-refractivity contribution in [3.05, 3.63) is 65.7 Å². The van der Waals surface area contributed by atoms with Crippen LogP contribution in [0.2, 0.25) is 0 Å². The monoisotopic (exact) mass is 379 g/mol. The molecule has 1 aromatic carbocycles. The highest BCUT2D eigenvalue weighted by Crippen LogP contribution is 2.30. The van der Waals surface area contributed by atoms with E-state index in [0.29, 0.717) is 18.2 Å². The minimum atomic E-state index is 0.350. The third kappa shape index (κ3) is 4.48. The largest absolute Gasteiger partial charge is 0.508 e. The van der Waals surface area contributed by atoms with Crippen LogP contribution in [0.4, 0.5) is 0 Å². The predicted octanol–water partition coefficient (Wildman–Crippen LogP) is 2.82. The second kappa shape index (κ2) is 8.39. The Morgan fingerprint density at radius 1 is 1.11 bits per heavy atom. The average Bonchev–Trinajstić information content (AvgIpc) is 3.16. The highest BCUT2D eigenvalue weighted by Gasteiger charge is 2.21. The number of hydrogen-bond acceptors (Lipinski definition) is 6. The summed E-state index contributed by atoms with van der Waals surface area (Å²) in [7, 11) is 1.63. The summed E-state index contributed by atoms with van der Waals surface area (Å²) in [5.74, 6) is 1.61. The van der Waals surface area contributed by atoms with E-state index >= 15 is 0 Å². The van der Waals surface area contributed by atoms with Gasteiger partial charge in [0.2, 0.25) is 0 Å². The van der Waals surface area contributed by atoms with Gasteiger partial charge in [0, 0.05) is 6.54 Å². The summed E-state index contributed by atoms with van der Waals surface area (Å²) in [5, 5.41) is 18.2. The van der Waals surface area contributed by atoms with Gasteiger partial charge in [-0.15, -0.1) is 5.10 Å². The van der Waals surface area contributed by atoms with Crippen molar-refractivity contribution >= 4 is 0 Å². The third-order valence-corrected chi connectivity index (χ3v) is 5.26. The van der Waals surface area contributed by atoms with Gasteiger partial charge in [-0.05, 0) is 61.7 Å². The van der Waals surface area contributed by atoms with Crippen LogP contribution in [0.5, 0.6) is 11.5 Å². The van der Waals surface area contributed by atoms with Crippen molar-refractivity contribution in [2.24, 2.45) is 0 Å². The molecule has 2 aromatic heterocycles. The minimum absolute atomic E-state index is 0.350. The van der Waals surface area contributed by atoms with Crippen LogP contribution in [-0.4, -0.2) is 50.2 Å². The number of methoxy groups -OCH3 is 1. The zero-order valence-electron chi connectivity index (χ0n) is 16.0. The molecule has 0 amide bonds. The molecule has 28 heavy (non-hydrogen) atoms. The maximum absolute atomic E-state index is 9.69. The molecule has 1 fully saturated rings. The van der Waals surface area contributed by atoms with E-state index in [0.717, 1.165) is 49.6 Å². The van der Waals surface area contributed by atoms with E-state index < -0.39 is 0 Å². The number of phenols is 1. The van der Waals surface area contributed by atoms with Gasteiger partial charge in [0.05, 0.1) is 37.4 Å². The molecule has 0 atom stereocenters. The second-order valence-corrected chi connectivity index (χ2v) is 7.24. The number of piperidine rings is 1. The van der Waals surface area contributed by atoms with Crippen LogP contribution in [-0.2, 0) is 13.1 Å². The van der Waals surface area contributed by atoms with Gasteiger partial charge in [-0.3, -0.25) is 9.88 Å². The summed E-state index contributed by atoms with van der Waals surface area (Å²) in [6.07, 6.45) is 5.89. The molecule has 0 radical (unpaired) electrons. The molecule has 1 N–H and O–H groups in total. The van der Waals surface area contributed by atoms with Crippen molar-refractivity contribution in [1.82, 2.24) is 24.9 Å². The summed E-state index contributed by atoms with van der Waals surface area (Å²) >= 11 is 0. The molecule has 1 aliphatic heterocycles. The van der Waals surface area contributed by atoms with E-state index in [-0.39, 0.29) is 0 Å². The van der Waals surface area contributed by atoms with Crippen LogP contribution in [0, 0.1) is 0 Å². The normalized spacial score (nSPS) is 15.6. The van der Waals surface area contributed by atoms with Crippen LogP contribution >= 0.6 is 0 Å². The Morgan fingerprint density at radius 3 is 2.68 bits per heavy atom. The predicted molar refractivity (Wildman–Crippen MR) is 105 cm³/mol. The number of nitrogens with zero attached hydrogens (tertiary/aromatic N) is 5. The van der Waals surface area contributed by atoms with Gasteiger partial charge < -0.3 is 9.84 Å². The van der Waals surface area contributed by atoms with Crippen LogP contribution < -0.4 is 4.74 Å². The Hall–Kier alpha value is -2.93. The molecule has 1 aliphatic rings. The minimum Gasteiger partial charge on any atom is -0.508 e. The molecular weight excluding hydrogens is 354 g/mol. The first-order valence-corrected chi connectivity index (χ1v) is 9.59. The molecule has 7 heteroatoms. The molecule has 3 heterocycles. The van der Waals surface area contributed by atoms with Crippen LogP contribution in [0.1, 0.15) is 35.7 Å². The number of benzene rings is 1. The summed E-state index contributed by atoms with van der Waals surface area (Å²) < 4.78 is 6.96. The highest BCUT2D eigenvalue weighted by molar-refractivity contribution is 5.30. The molecule has 146 valence electrons. The molecule has 0 unspecified atom stereocenters. The quantitative estimate of drug-likeness (QED) is 0.710. The molecule has 0 saturated carbocycles. The van der Waals surface area contributed by atoms with E-state index in [9.17, 15) is 5.11 Å². The molecule has 1 saturated heterocycles. The Labute approximate surface area is 164 Å². The lowest BCUT2D eigenvalue weighted by Gasteiger charge is -2.31. The number of likely N-dealkylation sites (tertiary alicyclic amines) is 1. The molecule has 0 spiro atoms. The summed E-state index contributed by atoms with van der Waals surface area (Å²) in [6.45, 7) is 3.44. The maximum Gasteiger partial charge on any atom is 0.137 e. The number of pyridine rings is 1. The van der Waals surface area contributed by atoms with Crippen LogP contribution in [0.15, 0.2) is 48.8 Å². The third-order valence-electron chi connectivity index (χ3n) is 5.26. The highest BCUT2D eigenvalue weighted by atomic mass is 16.5. The first kappa shape index (κ1) is 18.4. The van der Waals surface area contributed by atoms with Crippen molar-refractivity contribution < 1.29 is 9.84 Å². The Bertz CT molecular complexity index is 901. The van der Waals surface area contributed by atoms with E-state index in [1.807, 2.05) is 35.1 Å². The van der Waals surface area contributed by atoms with E-state index in [1.165, 1.54) is 5.56 Å². The van der Waals surface area contributed by atoms with E-state index in [1.54, 1.807) is 19.4 Å². The fourth-order valence-corrected chi connectivity index (χ4v) is 3.71. The number of rotatable bonds is 6. The Kier molecular flexibility index (Phi) is 5.53. The lowest BCUT2D eigenvalue weighted by molar-refractivity contribution is 0.202. The lowest BCUT2D eigenvalue weighted by Crippen LogP contribution is -2.32. The fourth-order valence-electron chi connectivity index (χ4n) is 3.71. The van der Waals surface area contributed by atoms with Gasteiger partial charge in [0.25, 0.3) is 0 Å². The zero-order chi connectivity index (χ0) is 19.3. The van der Waals surface area contributed by atoms with Gasteiger partial charge in [-0.1, -0.05) is 17.3 Å².